The first-order chi connectivity index (χ1) is 6.77. The molecule has 0 amide bonds. The van der Waals surface area contributed by atoms with E-state index in [0.717, 1.165) is 16.8 Å². The second kappa shape index (κ2) is 3.64. The minimum Gasteiger partial charge on any atom is -0.324 e. The molecular weight excluding hydrogens is 174 g/mol. The first-order valence-electron chi connectivity index (χ1n) is 4.62. The van der Waals surface area contributed by atoms with Crippen molar-refractivity contribution >= 4 is 0 Å². The van der Waals surface area contributed by atoms with Gasteiger partial charge in [0.05, 0.1) is 5.69 Å². The summed E-state index contributed by atoms with van der Waals surface area (Å²) in [5.74, 6) is 0. The van der Waals surface area contributed by atoms with Gasteiger partial charge in [-0.3, -0.25) is 5.10 Å². The Hall–Kier alpha value is -1.61. The number of hydrogen-bond acceptors (Lipinski definition) is 2. The topological polar surface area (TPSA) is 54.7 Å². The number of benzene rings is 1. The van der Waals surface area contributed by atoms with E-state index in [1.54, 1.807) is 6.20 Å². The number of nitrogens with two attached hydrogens (primary N) is 1. The third kappa shape index (κ3) is 1.67. The van der Waals surface area contributed by atoms with Crippen LogP contribution in [0.25, 0.3) is 11.3 Å². The zero-order valence-corrected chi connectivity index (χ0v) is 8.07. The van der Waals surface area contributed by atoms with Gasteiger partial charge < -0.3 is 5.73 Å². The fourth-order valence-corrected chi connectivity index (χ4v) is 1.38. The van der Waals surface area contributed by atoms with Crippen LogP contribution in [0.4, 0.5) is 0 Å². The lowest BCUT2D eigenvalue weighted by atomic mass is 10.1. The van der Waals surface area contributed by atoms with E-state index in [-0.39, 0.29) is 6.04 Å². The third-order valence-electron chi connectivity index (χ3n) is 2.25. The molecule has 1 heterocycles. The summed E-state index contributed by atoms with van der Waals surface area (Å²) in [6.45, 7) is 1.98. The van der Waals surface area contributed by atoms with E-state index in [4.69, 9.17) is 5.73 Å². The van der Waals surface area contributed by atoms with Crippen molar-refractivity contribution in [1.82, 2.24) is 10.2 Å². The van der Waals surface area contributed by atoms with Crippen LogP contribution in [-0.2, 0) is 0 Å². The number of nitrogens with one attached hydrogen (secondary N) is 1. The molecule has 3 heteroatoms. The molecule has 2 aromatic rings. The van der Waals surface area contributed by atoms with Gasteiger partial charge in [0, 0.05) is 12.2 Å². The van der Waals surface area contributed by atoms with Crippen LogP contribution in [0.2, 0.25) is 0 Å². The SMILES string of the molecule is C[C@H](N)c1ccc(-c2ccn[nH]2)cc1. The third-order valence-corrected chi connectivity index (χ3v) is 2.25. The smallest absolute Gasteiger partial charge is 0.0650 e. The second-order valence-corrected chi connectivity index (χ2v) is 3.38. The van der Waals surface area contributed by atoms with Crippen molar-refractivity contribution in [3.05, 3.63) is 42.1 Å². The molecule has 0 aliphatic carbocycles. The molecule has 0 aliphatic rings. The van der Waals surface area contributed by atoms with Crippen molar-refractivity contribution in [3.8, 4) is 11.3 Å². The molecule has 0 aliphatic heterocycles. The van der Waals surface area contributed by atoms with Crippen LogP contribution in [0.15, 0.2) is 36.5 Å². The maximum absolute atomic E-state index is 5.76. The summed E-state index contributed by atoms with van der Waals surface area (Å²) < 4.78 is 0. The molecule has 1 atom stereocenters. The van der Waals surface area contributed by atoms with Crippen LogP contribution in [0.1, 0.15) is 18.5 Å². The molecule has 0 fully saturated rings. The highest BCUT2D eigenvalue weighted by atomic mass is 15.1. The number of H-pyrrole nitrogens is 1. The van der Waals surface area contributed by atoms with Gasteiger partial charge in [0.1, 0.15) is 0 Å². The summed E-state index contributed by atoms with van der Waals surface area (Å²) in [7, 11) is 0. The molecule has 3 N–H and O–H groups in total. The van der Waals surface area contributed by atoms with Gasteiger partial charge in [0.15, 0.2) is 0 Å². The summed E-state index contributed by atoms with van der Waals surface area (Å²) >= 11 is 0. The molecule has 0 saturated heterocycles. The monoisotopic (exact) mass is 187 g/mol. The molecule has 0 bridgehead atoms. The Morgan fingerprint density at radius 2 is 1.93 bits per heavy atom. The van der Waals surface area contributed by atoms with Crippen molar-refractivity contribution in [2.45, 2.75) is 13.0 Å². The van der Waals surface area contributed by atoms with Crippen LogP contribution < -0.4 is 5.73 Å². The van der Waals surface area contributed by atoms with Crippen LogP contribution >= 0.6 is 0 Å². The molecule has 0 radical (unpaired) electrons. The number of aromatic amines is 1. The van der Waals surface area contributed by atoms with Gasteiger partial charge in [-0.15, -0.1) is 0 Å². The highest BCUT2D eigenvalue weighted by Gasteiger charge is 2.01. The van der Waals surface area contributed by atoms with Gasteiger partial charge in [-0.2, -0.15) is 5.10 Å². The molecule has 2 rings (SSSR count). The zero-order chi connectivity index (χ0) is 9.97. The summed E-state index contributed by atoms with van der Waals surface area (Å²) in [5, 5.41) is 6.83. The lowest BCUT2D eigenvalue weighted by molar-refractivity contribution is 0.818. The average molecular weight is 187 g/mol. The standard InChI is InChI=1S/C11H13N3/c1-8(12)9-2-4-10(5-3-9)11-6-7-13-14-11/h2-8H,12H2,1H3,(H,13,14)/t8-/m0/s1. The van der Waals surface area contributed by atoms with E-state index in [2.05, 4.69) is 10.2 Å². The number of aromatic nitrogens is 2. The van der Waals surface area contributed by atoms with Gasteiger partial charge in [0.2, 0.25) is 0 Å². The highest BCUT2D eigenvalue weighted by molar-refractivity contribution is 5.58. The minimum absolute atomic E-state index is 0.0887. The van der Waals surface area contributed by atoms with Crippen LogP contribution in [0.3, 0.4) is 0 Å². The Bertz CT molecular complexity index is 387. The van der Waals surface area contributed by atoms with Crippen molar-refractivity contribution in [2.24, 2.45) is 5.73 Å². The van der Waals surface area contributed by atoms with Crippen molar-refractivity contribution in [3.63, 3.8) is 0 Å². The quantitative estimate of drug-likeness (QED) is 0.756. The highest BCUT2D eigenvalue weighted by Crippen LogP contribution is 2.18. The summed E-state index contributed by atoms with van der Waals surface area (Å²) in [4.78, 5) is 0. The molecule has 1 aromatic heterocycles. The van der Waals surface area contributed by atoms with Gasteiger partial charge in [0.25, 0.3) is 0 Å². The minimum atomic E-state index is 0.0887. The Labute approximate surface area is 83.0 Å². The lowest BCUT2D eigenvalue weighted by Crippen LogP contribution is -2.04. The Balaban J connectivity index is 2.31. The number of hydrogen-bond donors (Lipinski definition) is 2. The fourth-order valence-electron chi connectivity index (χ4n) is 1.38. The average Bonchev–Trinajstić information content (AvgIpc) is 2.71. The van der Waals surface area contributed by atoms with Crippen molar-refractivity contribution in [1.29, 1.82) is 0 Å². The van der Waals surface area contributed by atoms with E-state index >= 15 is 0 Å². The number of rotatable bonds is 2. The van der Waals surface area contributed by atoms with E-state index in [1.165, 1.54) is 0 Å². The van der Waals surface area contributed by atoms with Crippen LogP contribution in [-0.4, -0.2) is 10.2 Å². The molecule has 1 aromatic carbocycles. The summed E-state index contributed by atoms with van der Waals surface area (Å²) in [5.41, 5.74) is 9.07. The molecule has 0 unspecified atom stereocenters. The van der Waals surface area contributed by atoms with Gasteiger partial charge in [-0.25, -0.2) is 0 Å². The van der Waals surface area contributed by atoms with E-state index in [0.29, 0.717) is 0 Å². The Morgan fingerprint density at radius 3 is 2.43 bits per heavy atom. The van der Waals surface area contributed by atoms with Gasteiger partial charge >= 0.3 is 0 Å². The normalized spacial score (nSPS) is 12.7. The number of nitrogens with zero attached hydrogens (tertiary/aromatic N) is 1. The molecule has 14 heavy (non-hydrogen) atoms. The van der Waals surface area contributed by atoms with Crippen LogP contribution in [0.5, 0.6) is 0 Å². The predicted octanol–water partition coefficient (Wildman–Crippen LogP) is 2.10. The summed E-state index contributed by atoms with van der Waals surface area (Å²) in [6.07, 6.45) is 1.74. The molecule has 3 nitrogen and oxygen atoms in total. The largest absolute Gasteiger partial charge is 0.324 e. The molecule has 0 saturated carbocycles. The zero-order valence-electron chi connectivity index (χ0n) is 8.07. The first kappa shape index (κ1) is 8.97. The molecule has 72 valence electrons. The Kier molecular flexibility index (Phi) is 2.33. The lowest BCUT2D eigenvalue weighted by Gasteiger charge is -2.05. The molecular formula is C11H13N3. The second-order valence-electron chi connectivity index (χ2n) is 3.38. The van der Waals surface area contributed by atoms with Crippen molar-refractivity contribution < 1.29 is 0 Å². The maximum Gasteiger partial charge on any atom is 0.0650 e. The Morgan fingerprint density at radius 1 is 1.21 bits per heavy atom. The van der Waals surface area contributed by atoms with Crippen molar-refractivity contribution in [2.75, 3.05) is 0 Å². The van der Waals surface area contributed by atoms with E-state index in [1.807, 2.05) is 37.3 Å². The van der Waals surface area contributed by atoms with E-state index < -0.39 is 0 Å². The first-order valence-corrected chi connectivity index (χ1v) is 4.62. The van der Waals surface area contributed by atoms with Gasteiger partial charge in [-0.1, -0.05) is 24.3 Å². The van der Waals surface area contributed by atoms with E-state index in [9.17, 15) is 0 Å². The predicted molar refractivity (Wildman–Crippen MR) is 56.6 cm³/mol. The maximum atomic E-state index is 5.76. The van der Waals surface area contributed by atoms with Crippen LogP contribution in [0, 0.1) is 0 Å². The molecule has 0 spiro atoms. The summed E-state index contributed by atoms with van der Waals surface area (Å²) in [6, 6.07) is 10.2. The van der Waals surface area contributed by atoms with Gasteiger partial charge in [-0.05, 0) is 24.1 Å². The fraction of sp³-hybridized carbons (Fsp3) is 0.182.